The molecule has 1 amide bonds. The molecule has 1 unspecified atom stereocenters. The Morgan fingerprint density at radius 3 is 2.94 bits per heavy atom. The number of nitrogen functional groups attached to an aromatic ring is 1. The summed E-state index contributed by atoms with van der Waals surface area (Å²) in [6.07, 6.45) is -1.26. The van der Waals surface area contributed by atoms with Crippen LogP contribution in [0.2, 0.25) is 0 Å². The minimum absolute atomic E-state index is 0.0161. The van der Waals surface area contributed by atoms with Crippen molar-refractivity contribution in [1.82, 2.24) is 4.98 Å². The normalized spacial score (nSPS) is 11.9. The zero-order chi connectivity index (χ0) is 12.8. The van der Waals surface area contributed by atoms with Gasteiger partial charge in [0.15, 0.2) is 0 Å². The smallest absolute Gasteiger partial charge is 0.248 e. The highest BCUT2D eigenvalue weighted by Gasteiger charge is 2.11. The number of carbonyl (C=O) groups excluding carboxylic acids is 1. The van der Waals surface area contributed by atoms with E-state index >= 15 is 0 Å². The van der Waals surface area contributed by atoms with Crippen molar-refractivity contribution in [2.45, 2.75) is 13.0 Å². The average Bonchev–Trinajstić information content (AvgIpc) is 2.29. The van der Waals surface area contributed by atoms with Crippen molar-refractivity contribution in [3.05, 3.63) is 12.1 Å². The van der Waals surface area contributed by atoms with E-state index in [-0.39, 0.29) is 6.54 Å². The van der Waals surface area contributed by atoms with Gasteiger partial charge in [0.05, 0.1) is 18.8 Å². The maximum atomic E-state index is 10.6. The van der Waals surface area contributed by atoms with Crippen LogP contribution in [-0.4, -0.2) is 35.3 Å². The summed E-state index contributed by atoms with van der Waals surface area (Å²) in [5, 5.41) is 11.9. The van der Waals surface area contributed by atoms with Crippen LogP contribution in [0.4, 0.5) is 11.5 Å². The molecule has 0 aromatic carbocycles. The highest BCUT2D eigenvalue weighted by Crippen LogP contribution is 2.20. The Morgan fingerprint density at radius 2 is 2.35 bits per heavy atom. The number of nitrogens with two attached hydrogens (primary N) is 2. The summed E-state index contributed by atoms with van der Waals surface area (Å²) in [6.45, 7) is 2.25. The number of hydrogen-bond acceptors (Lipinski definition) is 6. The number of pyridine rings is 1. The van der Waals surface area contributed by atoms with Gasteiger partial charge in [0.25, 0.3) is 0 Å². The first-order chi connectivity index (χ1) is 8.04. The van der Waals surface area contributed by atoms with Gasteiger partial charge in [0, 0.05) is 0 Å². The standard InChI is InChI=1S/C10H16N4O3/c1-2-17-10-6(11)3-4-8(14-10)13-5-7(15)9(12)16/h3-4,7,15H,2,5,11H2,1H3,(H2,12,16)(H,13,14). The van der Waals surface area contributed by atoms with Crippen LogP contribution in [0, 0.1) is 0 Å². The highest BCUT2D eigenvalue weighted by atomic mass is 16.5. The van der Waals surface area contributed by atoms with Gasteiger partial charge >= 0.3 is 0 Å². The fourth-order valence-electron chi connectivity index (χ4n) is 1.10. The summed E-state index contributed by atoms with van der Waals surface area (Å²) in [4.78, 5) is 14.7. The molecule has 1 aromatic heterocycles. The predicted molar refractivity (Wildman–Crippen MR) is 63.5 cm³/mol. The van der Waals surface area contributed by atoms with E-state index in [1.165, 1.54) is 0 Å². The van der Waals surface area contributed by atoms with Crippen LogP contribution < -0.4 is 21.5 Å². The van der Waals surface area contributed by atoms with Crippen LogP contribution in [0.3, 0.4) is 0 Å². The number of ether oxygens (including phenoxy) is 1. The van der Waals surface area contributed by atoms with Crippen LogP contribution in [0.5, 0.6) is 5.88 Å². The Labute approximate surface area is 98.8 Å². The number of nitrogens with zero attached hydrogens (tertiary/aromatic N) is 1. The number of rotatable bonds is 6. The van der Waals surface area contributed by atoms with Gasteiger partial charge in [-0.3, -0.25) is 4.79 Å². The molecule has 1 aromatic rings. The molecule has 0 aliphatic heterocycles. The van der Waals surface area contributed by atoms with Crippen molar-refractivity contribution in [1.29, 1.82) is 0 Å². The molecule has 1 heterocycles. The fourth-order valence-corrected chi connectivity index (χ4v) is 1.10. The Hall–Kier alpha value is -2.02. The molecular weight excluding hydrogens is 224 g/mol. The number of amides is 1. The fraction of sp³-hybridized carbons (Fsp3) is 0.400. The Kier molecular flexibility index (Phi) is 4.53. The third-order valence-corrected chi connectivity index (χ3v) is 1.98. The minimum atomic E-state index is -1.26. The van der Waals surface area contributed by atoms with E-state index in [9.17, 15) is 9.90 Å². The lowest BCUT2D eigenvalue weighted by molar-refractivity contribution is -0.125. The number of carbonyl (C=O) groups is 1. The Morgan fingerprint density at radius 1 is 1.65 bits per heavy atom. The van der Waals surface area contributed by atoms with Crippen molar-refractivity contribution in [2.24, 2.45) is 5.73 Å². The number of anilines is 2. The van der Waals surface area contributed by atoms with Crippen LogP contribution in [-0.2, 0) is 4.79 Å². The average molecular weight is 240 g/mol. The van der Waals surface area contributed by atoms with Crippen molar-refractivity contribution >= 4 is 17.4 Å². The highest BCUT2D eigenvalue weighted by molar-refractivity contribution is 5.79. The van der Waals surface area contributed by atoms with Gasteiger partial charge < -0.3 is 26.6 Å². The van der Waals surface area contributed by atoms with Crippen LogP contribution in [0.25, 0.3) is 0 Å². The molecule has 0 radical (unpaired) electrons. The summed E-state index contributed by atoms with van der Waals surface area (Å²) in [6, 6.07) is 3.24. The topological polar surface area (TPSA) is 123 Å². The molecular formula is C10H16N4O3. The number of hydrogen-bond donors (Lipinski definition) is 4. The summed E-state index contributed by atoms with van der Waals surface area (Å²) in [5.41, 5.74) is 11.0. The number of primary amides is 1. The second kappa shape index (κ2) is 5.90. The van der Waals surface area contributed by atoms with Crippen LogP contribution >= 0.6 is 0 Å². The minimum Gasteiger partial charge on any atom is -0.476 e. The van der Waals surface area contributed by atoms with E-state index in [0.717, 1.165) is 0 Å². The molecule has 0 aliphatic carbocycles. The van der Waals surface area contributed by atoms with E-state index in [1.807, 2.05) is 6.92 Å². The second-order valence-corrected chi connectivity index (χ2v) is 3.32. The maximum Gasteiger partial charge on any atom is 0.248 e. The quantitative estimate of drug-likeness (QED) is 0.522. The second-order valence-electron chi connectivity index (χ2n) is 3.32. The maximum absolute atomic E-state index is 10.6. The lowest BCUT2D eigenvalue weighted by atomic mass is 10.3. The Bertz CT molecular complexity index is 397. The van der Waals surface area contributed by atoms with Crippen molar-refractivity contribution in [3.8, 4) is 5.88 Å². The molecule has 0 saturated heterocycles. The van der Waals surface area contributed by atoms with Gasteiger partial charge in [-0.25, -0.2) is 0 Å². The van der Waals surface area contributed by atoms with Gasteiger partial charge in [-0.15, -0.1) is 0 Å². The molecule has 1 rings (SSSR count). The van der Waals surface area contributed by atoms with Crippen LogP contribution in [0.1, 0.15) is 6.92 Å². The third-order valence-electron chi connectivity index (χ3n) is 1.98. The SMILES string of the molecule is CCOc1nc(NCC(O)C(N)=O)ccc1N. The van der Waals surface area contributed by atoms with E-state index < -0.39 is 12.0 Å². The van der Waals surface area contributed by atoms with Gasteiger partial charge in [-0.1, -0.05) is 0 Å². The van der Waals surface area contributed by atoms with E-state index in [0.29, 0.717) is 24.0 Å². The largest absolute Gasteiger partial charge is 0.476 e. The van der Waals surface area contributed by atoms with E-state index in [1.54, 1.807) is 12.1 Å². The van der Waals surface area contributed by atoms with Gasteiger partial charge in [-0.05, 0) is 19.1 Å². The van der Waals surface area contributed by atoms with Crippen LogP contribution in [0.15, 0.2) is 12.1 Å². The first-order valence-electron chi connectivity index (χ1n) is 5.15. The molecule has 17 heavy (non-hydrogen) atoms. The zero-order valence-electron chi connectivity index (χ0n) is 9.51. The molecule has 0 fully saturated rings. The predicted octanol–water partition coefficient (Wildman–Crippen LogP) is -0.679. The molecule has 0 spiro atoms. The number of aliphatic hydroxyl groups excluding tert-OH is 1. The van der Waals surface area contributed by atoms with Crippen molar-refractivity contribution < 1.29 is 14.6 Å². The van der Waals surface area contributed by atoms with E-state index in [4.69, 9.17) is 16.2 Å². The van der Waals surface area contributed by atoms with Crippen molar-refractivity contribution in [3.63, 3.8) is 0 Å². The molecule has 94 valence electrons. The summed E-state index contributed by atoms with van der Waals surface area (Å²) in [7, 11) is 0. The van der Waals surface area contributed by atoms with Crippen molar-refractivity contribution in [2.75, 3.05) is 24.2 Å². The molecule has 1 atom stereocenters. The Balaban J connectivity index is 2.65. The first kappa shape index (κ1) is 13.0. The van der Waals surface area contributed by atoms with Gasteiger partial charge in [-0.2, -0.15) is 4.98 Å². The molecule has 0 aliphatic rings. The molecule has 0 saturated carbocycles. The lowest BCUT2D eigenvalue weighted by Gasteiger charge is -2.11. The molecule has 6 N–H and O–H groups in total. The van der Waals surface area contributed by atoms with E-state index in [2.05, 4.69) is 10.3 Å². The first-order valence-corrected chi connectivity index (χ1v) is 5.15. The molecule has 0 bridgehead atoms. The number of nitrogens with one attached hydrogen (secondary N) is 1. The summed E-state index contributed by atoms with van der Waals surface area (Å²) < 4.78 is 5.20. The number of aliphatic hydroxyl groups is 1. The molecule has 7 nitrogen and oxygen atoms in total. The zero-order valence-corrected chi connectivity index (χ0v) is 9.51. The number of aromatic nitrogens is 1. The van der Waals surface area contributed by atoms with Gasteiger partial charge in [0.2, 0.25) is 11.8 Å². The monoisotopic (exact) mass is 240 g/mol. The third kappa shape index (κ3) is 3.80. The summed E-state index contributed by atoms with van der Waals surface area (Å²) >= 11 is 0. The van der Waals surface area contributed by atoms with Gasteiger partial charge in [0.1, 0.15) is 11.9 Å². The molecule has 7 heteroatoms. The summed E-state index contributed by atoms with van der Waals surface area (Å²) in [5.74, 6) is -0.0352. The lowest BCUT2D eigenvalue weighted by Crippen LogP contribution is -2.34.